The molecule has 0 unspecified atom stereocenters. The molecule has 2 aromatic rings. The van der Waals surface area contributed by atoms with Crippen molar-refractivity contribution in [3.63, 3.8) is 0 Å². The van der Waals surface area contributed by atoms with Crippen molar-refractivity contribution < 1.29 is 4.79 Å². The standard InChI is InChI=1S/C27H34N4OS/c1-19-7-6-8-22(17-19)28-23(32)18-33-25-24(20-9-11-21(12-10-20)26(2,3)4)29-27(30-25)13-15-31(5)16-14-27/h6-12,17H,13-16,18H2,1-5H3,(H,28,32). The van der Waals surface area contributed by atoms with Crippen LogP contribution in [0.3, 0.4) is 0 Å². The van der Waals surface area contributed by atoms with Crippen molar-refractivity contribution in [2.24, 2.45) is 9.98 Å². The van der Waals surface area contributed by atoms with E-state index in [1.807, 2.05) is 31.2 Å². The second-order valence-electron chi connectivity index (χ2n) is 10.2. The molecule has 174 valence electrons. The molecule has 0 bridgehead atoms. The number of hydrogen-bond acceptors (Lipinski definition) is 5. The molecule has 1 spiro atoms. The molecule has 0 saturated carbocycles. The Balaban J connectivity index is 1.53. The van der Waals surface area contributed by atoms with Gasteiger partial charge in [-0.25, -0.2) is 4.99 Å². The SMILES string of the molecule is Cc1cccc(NC(=O)CSC2=NC3(CCN(C)CC3)N=C2c2ccc(C(C)(C)C)cc2)c1. The Labute approximate surface area is 201 Å². The molecule has 2 aliphatic heterocycles. The molecule has 2 heterocycles. The van der Waals surface area contributed by atoms with Crippen LogP contribution in [0, 0.1) is 6.92 Å². The van der Waals surface area contributed by atoms with Gasteiger partial charge in [-0.2, -0.15) is 0 Å². The lowest BCUT2D eigenvalue weighted by molar-refractivity contribution is -0.113. The molecule has 1 N–H and O–H groups in total. The van der Waals surface area contributed by atoms with Crippen molar-refractivity contribution in [2.75, 3.05) is 31.2 Å². The number of benzene rings is 2. The van der Waals surface area contributed by atoms with Gasteiger partial charge in [0, 0.05) is 37.2 Å². The van der Waals surface area contributed by atoms with E-state index < -0.39 is 0 Å². The number of carbonyl (C=O) groups excluding carboxylic acids is 1. The van der Waals surface area contributed by atoms with Crippen LogP contribution in [-0.4, -0.2) is 53.1 Å². The minimum Gasteiger partial charge on any atom is -0.325 e. The highest BCUT2D eigenvalue weighted by atomic mass is 32.2. The minimum absolute atomic E-state index is 0.0277. The lowest BCUT2D eigenvalue weighted by Gasteiger charge is -2.33. The number of aliphatic imine (C=N–C) groups is 2. The smallest absolute Gasteiger partial charge is 0.234 e. The first-order valence-electron chi connectivity index (χ1n) is 11.6. The lowest BCUT2D eigenvalue weighted by Crippen LogP contribution is -2.39. The van der Waals surface area contributed by atoms with Gasteiger partial charge in [0.25, 0.3) is 0 Å². The van der Waals surface area contributed by atoms with Crippen LogP contribution in [0.1, 0.15) is 50.3 Å². The molecular weight excluding hydrogens is 428 g/mol. The maximum Gasteiger partial charge on any atom is 0.234 e. The number of anilines is 1. The third-order valence-electron chi connectivity index (χ3n) is 6.29. The van der Waals surface area contributed by atoms with E-state index in [1.165, 1.54) is 17.3 Å². The van der Waals surface area contributed by atoms with E-state index in [2.05, 4.69) is 62.3 Å². The van der Waals surface area contributed by atoms with Gasteiger partial charge < -0.3 is 10.2 Å². The third-order valence-corrected chi connectivity index (χ3v) is 7.25. The van der Waals surface area contributed by atoms with Crippen molar-refractivity contribution in [1.29, 1.82) is 0 Å². The number of aryl methyl sites for hydroxylation is 1. The van der Waals surface area contributed by atoms with Gasteiger partial charge in [0.15, 0.2) is 5.66 Å². The van der Waals surface area contributed by atoms with Gasteiger partial charge >= 0.3 is 0 Å². The lowest BCUT2D eigenvalue weighted by atomic mass is 9.86. The number of nitrogens with one attached hydrogen (secondary N) is 1. The van der Waals surface area contributed by atoms with Crippen molar-refractivity contribution in [2.45, 2.75) is 51.6 Å². The largest absolute Gasteiger partial charge is 0.325 e. The van der Waals surface area contributed by atoms with Gasteiger partial charge in [0.05, 0.1) is 11.5 Å². The van der Waals surface area contributed by atoms with Crippen molar-refractivity contribution in [3.05, 3.63) is 65.2 Å². The zero-order valence-corrected chi connectivity index (χ0v) is 21.1. The second-order valence-corrected chi connectivity index (χ2v) is 11.2. The van der Waals surface area contributed by atoms with Crippen LogP contribution in [0.5, 0.6) is 0 Å². The van der Waals surface area contributed by atoms with Crippen LogP contribution in [0.4, 0.5) is 5.69 Å². The summed E-state index contributed by atoms with van der Waals surface area (Å²) in [6.45, 7) is 10.6. The zero-order chi connectivity index (χ0) is 23.6. The van der Waals surface area contributed by atoms with E-state index in [-0.39, 0.29) is 17.0 Å². The first kappa shape index (κ1) is 23.7. The van der Waals surface area contributed by atoms with Gasteiger partial charge in [-0.3, -0.25) is 9.79 Å². The maximum atomic E-state index is 12.7. The molecule has 0 aromatic heterocycles. The monoisotopic (exact) mass is 462 g/mol. The Hall–Kier alpha value is -2.44. The molecule has 33 heavy (non-hydrogen) atoms. The van der Waals surface area contributed by atoms with Crippen LogP contribution in [0.15, 0.2) is 58.5 Å². The number of nitrogens with zero attached hydrogens (tertiary/aromatic N) is 3. The number of thioether (sulfide) groups is 1. The summed E-state index contributed by atoms with van der Waals surface area (Å²) in [5, 5.41) is 3.88. The zero-order valence-electron chi connectivity index (χ0n) is 20.3. The van der Waals surface area contributed by atoms with Gasteiger partial charge in [-0.1, -0.05) is 68.9 Å². The summed E-state index contributed by atoms with van der Waals surface area (Å²) in [5.74, 6) is 0.280. The van der Waals surface area contributed by atoms with E-state index in [1.54, 1.807) is 0 Å². The van der Waals surface area contributed by atoms with Crippen LogP contribution >= 0.6 is 11.8 Å². The quantitative estimate of drug-likeness (QED) is 0.672. The fourth-order valence-electron chi connectivity index (χ4n) is 4.19. The van der Waals surface area contributed by atoms with Gasteiger partial charge in [-0.15, -0.1) is 0 Å². The Bertz CT molecular complexity index is 1070. The van der Waals surface area contributed by atoms with E-state index >= 15 is 0 Å². The van der Waals surface area contributed by atoms with E-state index in [0.29, 0.717) is 5.75 Å². The van der Waals surface area contributed by atoms with Crippen molar-refractivity contribution >= 4 is 34.1 Å². The highest BCUT2D eigenvalue weighted by molar-refractivity contribution is 8.16. The average molecular weight is 463 g/mol. The number of amides is 1. The molecule has 2 aliphatic rings. The van der Waals surface area contributed by atoms with Crippen LogP contribution in [0.25, 0.3) is 0 Å². The van der Waals surface area contributed by atoms with Gasteiger partial charge in [-0.05, 0) is 42.6 Å². The highest BCUT2D eigenvalue weighted by Crippen LogP contribution is 2.35. The minimum atomic E-state index is -0.389. The summed E-state index contributed by atoms with van der Waals surface area (Å²) in [6.07, 6.45) is 1.82. The first-order valence-corrected chi connectivity index (χ1v) is 12.6. The van der Waals surface area contributed by atoms with Crippen LogP contribution in [-0.2, 0) is 10.2 Å². The molecule has 1 saturated heterocycles. The Morgan fingerprint density at radius 1 is 1.09 bits per heavy atom. The average Bonchev–Trinajstić information content (AvgIpc) is 3.12. The maximum absolute atomic E-state index is 12.7. The molecule has 0 radical (unpaired) electrons. The molecular formula is C27H34N4OS. The fourth-order valence-corrected chi connectivity index (χ4v) is 5.07. The normalized spacial score (nSPS) is 18.2. The molecule has 0 atom stereocenters. The van der Waals surface area contributed by atoms with Crippen molar-refractivity contribution in [3.8, 4) is 0 Å². The third kappa shape index (κ3) is 5.74. The summed E-state index contributed by atoms with van der Waals surface area (Å²) in [7, 11) is 2.15. The Morgan fingerprint density at radius 2 is 1.79 bits per heavy atom. The van der Waals surface area contributed by atoms with E-state index in [4.69, 9.17) is 9.98 Å². The molecule has 4 rings (SSSR count). The second kappa shape index (κ2) is 9.43. The molecule has 0 aliphatic carbocycles. The first-order chi connectivity index (χ1) is 15.6. The van der Waals surface area contributed by atoms with E-state index in [0.717, 1.165) is 53.5 Å². The summed E-state index contributed by atoms with van der Waals surface area (Å²) in [4.78, 5) is 25.3. The number of carbonyl (C=O) groups is 1. The topological polar surface area (TPSA) is 57.1 Å². The van der Waals surface area contributed by atoms with Gasteiger partial charge in [0.2, 0.25) is 5.91 Å². The van der Waals surface area contributed by atoms with Gasteiger partial charge in [0.1, 0.15) is 5.04 Å². The van der Waals surface area contributed by atoms with Crippen LogP contribution < -0.4 is 5.32 Å². The predicted octanol–water partition coefficient (Wildman–Crippen LogP) is 5.29. The van der Waals surface area contributed by atoms with Crippen molar-refractivity contribution in [1.82, 2.24) is 4.90 Å². The Morgan fingerprint density at radius 3 is 2.42 bits per heavy atom. The summed E-state index contributed by atoms with van der Waals surface area (Å²) < 4.78 is 0. The molecule has 1 fully saturated rings. The molecule has 1 amide bonds. The number of hydrogen-bond donors (Lipinski definition) is 1. The van der Waals surface area contributed by atoms with Crippen LogP contribution in [0.2, 0.25) is 0 Å². The Kier molecular flexibility index (Phi) is 6.78. The molecule has 2 aromatic carbocycles. The van der Waals surface area contributed by atoms with E-state index in [9.17, 15) is 4.79 Å². The number of piperidine rings is 1. The predicted molar refractivity (Wildman–Crippen MR) is 141 cm³/mol. The highest BCUT2D eigenvalue weighted by Gasteiger charge is 2.39. The summed E-state index contributed by atoms with van der Waals surface area (Å²) in [6, 6.07) is 16.5. The molecule has 6 heteroatoms. The number of rotatable bonds is 4. The number of likely N-dealkylation sites (tertiary alicyclic amines) is 1. The fraction of sp³-hybridized carbons (Fsp3) is 0.444. The summed E-state index contributed by atoms with van der Waals surface area (Å²) >= 11 is 1.49. The molecule has 5 nitrogen and oxygen atoms in total. The summed E-state index contributed by atoms with van der Waals surface area (Å²) in [5.41, 5.74) is 4.95.